The zero-order valence-corrected chi connectivity index (χ0v) is 19.7. The van der Waals surface area contributed by atoms with Crippen LogP contribution in [-0.2, 0) is 14.3 Å². The van der Waals surface area contributed by atoms with Crippen LogP contribution in [0.15, 0.2) is 12.1 Å². The molecule has 2 fully saturated rings. The molecule has 0 radical (unpaired) electrons. The van der Waals surface area contributed by atoms with Crippen molar-refractivity contribution in [3.05, 3.63) is 12.1 Å². The fraction of sp³-hybridized carbons (Fsp3) is 0.696. The molecule has 1 atom stereocenters. The lowest BCUT2D eigenvalue weighted by Gasteiger charge is -2.34. The maximum atomic E-state index is 12.8. The molecule has 1 aromatic rings. The van der Waals surface area contributed by atoms with E-state index in [9.17, 15) is 24.6 Å². The summed E-state index contributed by atoms with van der Waals surface area (Å²) in [6, 6.07) is 2.44. The number of likely N-dealkylation sites (tertiary alicyclic amines) is 2. The number of rotatable bonds is 5. The van der Waals surface area contributed by atoms with Crippen LogP contribution in [0.4, 0.5) is 4.79 Å². The highest BCUT2D eigenvalue weighted by atomic mass is 16.7. The van der Waals surface area contributed by atoms with Crippen molar-refractivity contribution in [2.24, 2.45) is 11.8 Å². The van der Waals surface area contributed by atoms with E-state index in [0.717, 1.165) is 19.3 Å². The van der Waals surface area contributed by atoms with Gasteiger partial charge in [0, 0.05) is 44.7 Å². The summed E-state index contributed by atoms with van der Waals surface area (Å²) >= 11 is 0. The number of aromatic hydroxyl groups is 2. The van der Waals surface area contributed by atoms with Gasteiger partial charge in [-0.3, -0.25) is 4.79 Å². The standard InChI is InChI=1S/C23H35N3O7/c1-23(2,3)32-22(31)24-13-10-16(11-14-24)6-7-18(27)25-12-4-5-17(15-25)21(30)33-26-19(28)8-9-20(26)29/h8-9,16-17,28-29H,4-7,10-15H2,1-3H3. The minimum Gasteiger partial charge on any atom is -0.492 e. The van der Waals surface area contributed by atoms with Crippen LogP contribution in [0.3, 0.4) is 0 Å². The zero-order chi connectivity index (χ0) is 24.2. The summed E-state index contributed by atoms with van der Waals surface area (Å²) in [5.41, 5.74) is -0.512. The Morgan fingerprint density at radius 3 is 2.24 bits per heavy atom. The Kier molecular flexibility index (Phi) is 7.76. The Balaban J connectivity index is 1.42. The van der Waals surface area contributed by atoms with E-state index < -0.39 is 17.5 Å². The highest BCUT2D eigenvalue weighted by Crippen LogP contribution is 2.26. The van der Waals surface area contributed by atoms with Crippen LogP contribution in [0, 0.1) is 11.8 Å². The number of piperidine rings is 2. The van der Waals surface area contributed by atoms with Gasteiger partial charge in [0.05, 0.1) is 5.92 Å². The average molecular weight is 466 g/mol. The lowest BCUT2D eigenvalue weighted by atomic mass is 9.91. The quantitative estimate of drug-likeness (QED) is 0.685. The second kappa shape index (κ2) is 10.4. The maximum absolute atomic E-state index is 12.8. The summed E-state index contributed by atoms with van der Waals surface area (Å²) in [7, 11) is 0. The number of carbonyl (C=O) groups is 3. The smallest absolute Gasteiger partial charge is 0.410 e. The van der Waals surface area contributed by atoms with Gasteiger partial charge < -0.3 is 29.6 Å². The zero-order valence-electron chi connectivity index (χ0n) is 19.7. The molecule has 0 aliphatic carbocycles. The molecule has 3 rings (SSSR count). The van der Waals surface area contributed by atoms with Gasteiger partial charge in [-0.1, -0.05) is 0 Å². The highest BCUT2D eigenvalue weighted by molar-refractivity contribution is 5.78. The van der Waals surface area contributed by atoms with Crippen LogP contribution in [0.25, 0.3) is 0 Å². The Morgan fingerprint density at radius 1 is 1.00 bits per heavy atom. The van der Waals surface area contributed by atoms with E-state index in [1.807, 2.05) is 20.8 Å². The first-order valence-corrected chi connectivity index (χ1v) is 11.6. The summed E-state index contributed by atoms with van der Waals surface area (Å²) in [6.07, 6.45) is 3.80. The summed E-state index contributed by atoms with van der Waals surface area (Å²) < 4.78 is 6.10. The van der Waals surface area contributed by atoms with Crippen LogP contribution in [-0.4, -0.2) is 74.5 Å². The molecule has 2 amide bonds. The normalized spacial score (nSPS) is 19.9. The number of hydrogen-bond acceptors (Lipinski definition) is 7. The molecule has 0 spiro atoms. The molecule has 0 bridgehead atoms. The number of hydrogen-bond donors (Lipinski definition) is 2. The molecule has 2 N–H and O–H groups in total. The molecular formula is C23H35N3O7. The van der Waals surface area contributed by atoms with Gasteiger partial charge in [0.25, 0.3) is 0 Å². The summed E-state index contributed by atoms with van der Waals surface area (Å²) in [4.78, 5) is 45.9. The van der Waals surface area contributed by atoms with Crippen molar-refractivity contribution in [2.45, 2.75) is 64.9 Å². The van der Waals surface area contributed by atoms with E-state index in [1.54, 1.807) is 9.80 Å². The Morgan fingerprint density at radius 2 is 1.64 bits per heavy atom. The topological polar surface area (TPSA) is 122 Å². The predicted octanol–water partition coefficient (Wildman–Crippen LogP) is 2.52. The minimum atomic E-state index is -0.594. The van der Waals surface area contributed by atoms with Gasteiger partial charge >= 0.3 is 12.1 Å². The second-order valence-corrected chi connectivity index (χ2v) is 9.88. The van der Waals surface area contributed by atoms with Crippen molar-refractivity contribution >= 4 is 18.0 Å². The van der Waals surface area contributed by atoms with Gasteiger partial charge in [-0.15, -0.1) is 4.73 Å². The van der Waals surface area contributed by atoms with E-state index >= 15 is 0 Å². The average Bonchev–Trinajstić information content (AvgIpc) is 3.08. The van der Waals surface area contributed by atoms with Crippen LogP contribution in [0.1, 0.15) is 59.3 Å². The van der Waals surface area contributed by atoms with Crippen LogP contribution >= 0.6 is 0 Å². The summed E-state index contributed by atoms with van der Waals surface area (Å²) in [5, 5.41) is 19.3. The summed E-state index contributed by atoms with van der Waals surface area (Å²) in [6.45, 7) is 7.67. The monoisotopic (exact) mass is 465 g/mol. The molecule has 2 saturated heterocycles. The molecule has 184 valence electrons. The second-order valence-electron chi connectivity index (χ2n) is 9.88. The van der Waals surface area contributed by atoms with Gasteiger partial charge in [0.2, 0.25) is 17.7 Å². The van der Waals surface area contributed by atoms with E-state index in [2.05, 4.69) is 0 Å². The molecule has 33 heavy (non-hydrogen) atoms. The van der Waals surface area contributed by atoms with Gasteiger partial charge in [-0.25, -0.2) is 9.59 Å². The van der Waals surface area contributed by atoms with E-state index in [4.69, 9.17) is 9.57 Å². The summed E-state index contributed by atoms with van der Waals surface area (Å²) in [5.74, 6) is -1.47. The molecule has 2 aliphatic rings. The SMILES string of the molecule is CC(C)(C)OC(=O)N1CCC(CCC(=O)N2CCCC(C(=O)On3c(O)ccc3O)C2)CC1. The predicted molar refractivity (Wildman–Crippen MR) is 118 cm³/mol. The van der Waals surface area contributed by atoms with Crippen LogP contribution in [0.5, 0.6) is 11.8 Å². The van der Waals surface area contributed by atoms with Crippen molar-refractivity contribution in [2.75, 3.05) is 26.2 Å². The third-order valence-corrected chi connectivity index (χ3v) is 6.12. The molecule has 1 unspecified atom stereocenters. The lowest BCUT2D eigenvalue weighted by Crippen LogP contribution is -2.44. The van der Waals surface area contributed by atoms with Gasteiger partial charge in [-0.05, 0) is 58.8 Å². The van der Waals surface area contributed by atoms with Gasteiger partial charge in [0.15, 0.2) is 0 Å². The number of ether oxygens (including phenoxy) is 1. The number of nitrogens with zero attached hydrogens (tertiary/aromatic N) is 3. The molecular weight excluding hydrogens is 430 g/mol. The maximum Gasteiger partial charge on any atom is 0.410 e. The minimum absolute atomic E-state index is 0.00808. The largest absolute Gasteiger partial charge is 0.492 e. The molecule has 10 heteroatoms. The van der Waals surface area contributed by atoms with E-state index in [1.165, 1.54) is 12.1 Å². The third-order valence-electron chi connectivity index (χ3n) is 6.12. The Labute approximate surface area is 194 Å². The van der Waals surface area contributed by atoms with Crippen molar-refractivity contribution in [3.63, 3.8) is 0 Å². The van der Waals surface area contributed by atoms with Crippen LogP contribution < -0.4 is 4.84 Å². The molecule has 0 aromatic carbocycles. The van der Waals surface area contributed by atoms with Crippen molar-refractivity contribution in [1.82, 2.24) is 14.5 Å². The molecule has 10 nitrogen and oxygen atoms in total. The third kappa shape index (κ3) is 6.79. The van der Waals surface area contributed by atoms with Gasteiger partial charge in [-0.2, -0.15) is 0 Å². The van der Waals surface area contributed by atoms with E-state index in [0.29, 0.717) is 49.5 Å². The lowest BCUT2D eigenvalue weighted by molar-refractivity contribution is -0.153. The Bertz CT molecular complexity index is 833. The molecule has 0 saturated carbocycles. The van der Waals surface area contributed by atoms with E-state index in [-0.39, 0.29) is 30.3 Å². The first-order valence-electron chi connectivity index (χ1n) is 11.6. The molecule has 1 aromatic heterocycles. The van der Waals surface area contributed by atoms with Gasteiger partial charge in [0.1, 0.15) is 5.60 Å². The van der Waals surface area contributed by atoms with Crippen LogP contribution in [0.2, 0.25) is 0 Å². The molecule has 3 heterocycles. The number of aromatic nitrogens is 1. The number of carbonyl (C=O) groups excluding carboxylic acids is 3. The van der Waals surface area contributed by atoms with Crippen molar-refractivity contribution < 1.29 is 34.2 Å². The van der Waals surface area contributed by atoms with Crippen molar-refractivity contribution in [3.8, 4) is 11.8 Å². The molecule has 2 aliphatic heterocycles. The first kappa shape index (κ1) is 24.7. The van der Waals surface area contributed by atoms with Crippen molar-refractivity contribution in [1.29, 1.82) is 0 Å². The Hall–Kier alpha value is -2.91. The first-order chi connectivity index (χ1) is 15.5. The fourth-order valence-electron chi connectivity index (χ4n) is 4.27. The number of amides is 2. The fourth-order valence-corrected chi connectivity index (χ4v) is 4.27. The highest BCUT2D eigenvalue weighted by Gasteiger charge is 2.32.